The summed E-state index contributed by atoms with van der Waals surface area (Å²) < 4.78 is 1.41. The van der Waals surface area contributed by atoms with E-state index in [1.165, 1.54) is 15.9 Å². The summed E-state index contributed by atoms with van der Waals surface area (Å²) >= 11 is 1.58. The van der Waals surface area contributed by atoms with Gasteiger partial charge in [-0.3, -0.25) is 4.57 Å². The van der Waals surface area contributed by atoms with Gasteiger partial charge in [-0.2, -0.15) is 5.10 Å². The van der Waals surface area contributed by atoms with Crippen molar-refractivity contribution in [3.8, 4) is 0 Å². The number of imidazole rings is 1. The van der Waals surface area contributed by atoms with Crippen molar-refractivity contribution in [2.75, 3.05) is 0 Å². The first-order valence-electron chi connectivity index (χ1n) is 5.51. The van der Waals surface area contributed by atoms with Gasteiger partial charge in [0.25, 0.3) is 0 Å². The molecule has 0 saturated heterocycles. The van der Waals surface area contributed by atoms with Gasteiger partial charge in [0.1, 0.15) is 12.4 Å². The average Bonchev–Trinajstić information content (AvgIpc) is 3.09. The summed E-state index contributed by atoms with van der Waals surface area (Å²) in [7, 11) is 0. The van der Waals surface area contributed by atoms with Gasteiger partial charge in [0.05, 0.1) is 10.7 Å². The lowest BCUT2D eigenvalue weighted by atomic mass is 10.2. The maximum atomic E-state index is 12.2. The van der Waals surface area contributed by atoms with Crippen LogP contribution in [-0.4, -0.2) is 31.8 Å². The first kappa shape index (κ1) is 11.1. The molecule has 1 aliphatic rings. The summed E-state index contributed by atoms with van der Waals surface area (Å²) in [4.78, 5) is 20.5. The fourth-order valence-corrected chi connectivity index (χ4v) is 2.53. The zero-order valence-corrected chi connectivity index (χ0v) is 10.5. The molecule has 7 heteroatoms. The van der Waals surface area contributed by atoms with Crippen LogP contribution in [0.15, 0.2) is 29.2 Å². The van der Waals surface area contributed by atoms with Crippen LogP contribution in [0.1, 0.15) is 23.2 Å². The third kappa shape index (κ3) is 1.82. The Kier molecular flexibility index (Phi) is 2.67. The van der Waals surface area contributed by atoms with Crippen molar-refractivity contribution in [3.63, 3.8) is 0 Å². The minimum absolute atomic E-state index is 0.107. The topological polar surface area (TPSA) is 63.4 Å². The minimum atomic E-state index is -0.211. The first-order chi connectivity index (χ1) is 8.75. The summed E-state index contributed by atoms with van der Waals surface area (Å²) in [6, 6.07) is -0.318. The molecule has 1 atom stereocenters. The molecular formula is C11H11N5OS. The molecule has 0 aliphatic carbocycles. The van der Waals surface area contributed by atoms with Crippen molar-refractivity contribution in [2.45, 2.75) is 19.4 Å². The van der Waals surface area contributed by atoms with Crippen LogP contribution >= 0.6 is 11.3 Å². The van der Waals surface area contributed by atoms with Crippen LogP contribution in [0.4, 0.5) is 4.79 Å². The summed E-state index contributed by atoms with van der Waals surface area (Å²) in [6.07, 6.45) is 7.09. The molecule has 1 aliphatic heterocycles. The zero-order chi connectivity index (χ0) is 12.5. The van der Waals surface area contributed by atoms with Gasteiger partial charge in [0.15, 0.2) is 0 Å². The van der Waals surface area contributed by atoms with Gasteiger partial charge in [-0.05, 0) is 6.92 Å². The van der Waals surface area contributed by atoms with Gasteiger partial charge in [-0.25, -0.2) is 19.8 Å². The lowest BCUT2D eigenvalue weighted by Crippen LogP contribution is -2.30. The number of carbonyl (C=O) groups is 1. The number of carbonyl (C=O) groups excluding carboxylic acids is 1. The van der Waals surface area contributed by atoms with Crippen LogP contribution in [0.3, 0.4) is 0 Å². The number of hydrazone groups is 1. The van der Waals surface area contributed by atoms with E-state index in [4.69, 9.17) is 0 Å². The molecule has 1 amide bonds. The molecule has 0 saturated carbocycles. The molecule has 0 radical (unpaired) electrons. The zero-order valence-electron chi connectivity index (χ0n) is 9.72. The van der Waals surface area contributed by atoms with Crippen LogP contribution in [0.25, 0.3) is 0 Å². The quantitative estimate of drug-likeness (QED) is 0.789. The summed E-state index contributed by atoms with van der Waals surface area (Å²) in [5.74, 6) is 0. The molecule has 92 valence electrons. The number of hydrogen-bond donors (Lipinski definition) is 0. The minimum Gasteiger partial charge on any atom is -0.257 e. The molecule has 1 unspecified atom stereocenters. The van der Waals surface area contributed by atoms with E-state index in [9.17, 15) is 4.79 Å². The van der Waals surface area contributed by atoms with Crippen LogP contribution in [0, 0.1) is 6.92 Å². The van der Waals surface area contributed by atoms with Crippen molar-refractivity contribution in [2.24, 2.45) is 5.10 Å². The Morgan fingerprint density at radius 1 is 1.56 bits per heavy atom. The second-order valence-electron chi connectivity index (χ2n) is 3.94. The van der Waals surface area contributed by atoms with E-state index in [0.29, 0.717) is 6.42 Å². The molecule has 0 aromatic carbocycles. The molecule has 0 spiro atoms. The molecule has 2 aromatic rings. The second kappa shape index (κ2) is 4.34. The van der Waals surface area contributed by atoms with Crippen LogP contribution in [0.5, 0.6) is 0 Å². The van der Waals surface area contributed by atoms with E-state index >= 15 is 0 Å². The van der Waals surface area contributed by atoms with Gasteiger partial charge < -0.3 is 0 Å². The maximum Gasteiger partial charge on any atom is 0.350 e. The highest BCUT2D eigenvalue weighted by molar-refractivity contribution is 7.09. The third-order valence-corrected chi connectivity index (χ3v) is 3.52. The standard InChI is InChI=1S/C11H11N5OS/c1-8-14-9(6-18-8)10-2-3-13-16(10)11(17)15-5-4-12-7-15/h3-7,10H,2H2,1H3. The lowest BCUT2D eigenvalue weighted by Gasteiger charge is -2.20. The number of amides is 1. The molecule has 0 bridgehead atoms. The Labute approximate surface area is 108 Å². The molecule has 2 aromatic heterocycles. The monoisotopic (exact) mass is 261 g/mol. The number of aromatic nitrogens is 3. The van der Waals surface area contributed by atoms with Gasteiger partial charge in [-0.1, -0.05) is 0 Å². The van der Waals surface area contributed by atoms with Crippen molar-refractivity contribution in [3.05, 3.63) is 34.8 Å². The van der Waals surface area contributed by atoms with E-state index in [0.717, 1.165) is 10.7 Å². The lowest BCUT2D eigenvalue weighted by molar-refractivity contribution is 0.187. The maximum absolute atomic E-state index is 12.2. The molecule has 0 N–H and O–H groups in total. The summed E-state index contributed by atoms with van der Waals surface area (Å²) in [6.45, 7) is 1.95. The van der Waals surface area contributed by atoms with Crippen LogP contribution in [-0.2, 0) is 0 Å². The fourth-order valence-electron chi connectivity index (χ4n) is 1.87. The Morgan fingerprint density at radius 3 is 3.11 bits per heavy atom. The SMILES string of the molecule is Cc1nc(C2CC=NN2C(=O)n2ccnc2)cs1. The summed E-state index contributed by atoms with van der Waals surface area (Å²) in [5.41, 5.74) is 0.892. The molecule has 18 heavy (non-hydrogen) atoms. The number of hydrogen-bond acceptors (Lipinski definition) is 5. The Bertz CT molecular complexity index is 588. The van der Waals surface area contributed by atoms with Gasteiger partial charge >= 0.3 is 6.03 Å². The number of nitrogens with zero attached hydrogens (tertiary/aromatic N) is 5. The van der Waals surface area contributed by atoms with E-state index in [-0.39, 0.29) is 12.1 Å². The Morgan fingerprint density at radius 2 is 2.44 bits per heavy atom. The van der Waals surface area contributed by atoms with E-state index in [1.807, 2.05) is 12.3 Å². The number of rotatable bonds is 1. The largest absolute Gasteiger partial charge is 0.350 e. The average molecular weight is 261 g/mol. The van der Waals surface area contributed by atoms with E-state index < -0.39 is 0 Å². The number of thiazole rings is 1. The van der Waals surface area contributed by atoms with Crippen molar-refractivity contribution >= 4 is 23.6 Å². The first-order valence-corrected chi connectivity index (χ1v) is 6.39. The van der Waals surface area contributed by atoms with Crippen molar-refractivity contribution < 1.29 is 4.79 Å². The second-order valence-corrected chi connectivity index (χ2v) is 5.00. The van der Waals surface area contributed by atoms with Gasteiger partial charge in [0.2, 0.25) is 0 Å². The Hall–Kier alpha value is -2.02. The van der Waals surface area contributed by atoms with Gasteiger partial charge in [-0.15, -0.1) is 11.3 Å². The van der Waals surface area contributed by atoms with E-state index in [1.54, 1.807) is 29.9 Å². The Balaban J connectivity index is 1.87. The smallest absolute Gasteiger partial charge is 0.257 e. The predicted molar refractivity (Wildman–Crippen MR) is 67.6 cm³/mol. The highest BCUT2D eigenvalue weighted by Gasteiger charge is 2.30. The highest BCUT2D eigenvalue weighted by atomic mass is 32.1. The van der Waals surface area contributed by atoms with E-state index in [2.05, 4.69) is 15.1 Å². The van der Waals surface area contributed by atoms with Crippen LogP contribution < -0.4 is 0 Å². The summed E-state index contributed by atoms with van der Waals surface area (Å²) in [5, 5.41) is 8.56. The molecule has 3 rings (SSSR count). The number of aryl methyl sites for hydroxylation is 1. The van der Waals surface area contributed by atoms with Gasteiger partial charge in [0, 0.05) is 30.4 Å². The predicted octanol–water partition coefficient (Wildman–Crippen LogP) is 2.05. The fraction of sp³-hybridized carbons (Fsp3) is 0.273. The molecule has 0 fully saturated rings. The normalized spacial score (nSPS) is 18.5. The highest BCUT2D eigenvalue weighted by Crippen LogP contribution is 2.29. The molecular weight excluding hydrogens is 250 g/mol. The third-order valence-electron chi connectivity index (χ3n) is 2.73. The van der Waals surface area contributed by atoms with Crippen molar-refractivity contribution in [1.29, 1.82) is 0 Å². The molecule has 3 heterocycles. The van der Waals surface area contributed by atoms with Crippen molar-refractivity contribution in [1.82, 2.24) is 19.5 Å². The van der Waals surface area contributed by atoms with Crippen LogP contribution in [0.2, 0.25) is 0 Å². The molecule has 6 nitrogen and oxygen atoms in total.